The number of amides is 2. The number of hydrogen-bond acceptors (Lipinski definition) is 2. The molecule has 6 heteroatoms. The van der Waals surface area contributed by atoms with Crippen molar-refractivity contribution in [3.8, 4) is 0 Å². The molecule has 0 fully saturated rings. The molecule has 3 rings (SSSR count). The summed E-state index contributed by atoms with van der Waals surface area (Å²) in [6.07, 6.45) is 4.44. The van der Waals surface area contributed by atoms with Crippen molar-refractivity contribution in [2.75, 3.05) is 11.9 Å². The molecule has 0 aliphatic heterocycles. The molecule has 5 nitrogen and oxygen atoms in total. The van der Waals surface area contributed by atoms with Gasteiger partial charge in [-0.2, -0.15) is 0 Å². The number of carbonyl (C=O) groups excluding carboxylic acids is 1. The van der Waals surface area contributed by atoms with Gasteiger partial charge in [0.25, 0.3) is 0 Å². The van der Waals surface area contributed by atoms with Gasteiger partial charge in [-0.3, -0.25) is 0 Å². The normalized spacial score (nSPS) is 10.7. The number of para-hydroxylation sites is 1. The Morgan fingerprint density at radius 2 is 2.09 bits per heavy atom. The quantitative estimate of drug-likeness (QED) is 0.778. The number of urea groups is 1. The summed E-state index contributed by atoms with van der Waals surface area (Å²) in [6, 6.07) is 9.55. The lowest BCUT2D eigenvalue weighted by molar-refractivity contribution is 0.252. The predicted molar refractivity (Wildman–Crippen MR) is 87.8 cm³/mol. The van der Waals surface area contributed by atoms with Gasteiger partial charge in [0.15, 0.2) is 0 Å². The van der Waals surface area contributed by atoms with Crippen molar-refractivity contribution in [3.05, 3.63) is 60.2 Å². The number of pyridine rings is 1. The summed E-state index contributed by atoms with van der Waals surface area (Å²) in [4.78, 5) is 16.1. The maximum atomic E-state index is 13.5. The average molecular weight is 312 g/mol. The fraction of sp³-hybridized carbons (Fsp3) is 0.176. The molecule has 0 bridgehead atoms. The minimum absolute atomic E-state index is 0.166. The zero-order valence-corrected chi connectivity index (χ0v) is 12.7. The van der Waals surface area contributed by atoms with Gasteiger partial charge in [0, 0.05) is 31.4 Å². The number of hydrogen-bond donors (Lipinski definition) is 2. The molecule has 0 unspecified atom stereocenters. The number of benzene rings is 1. The van der Waals surface area contributed by atoms with Crippen LogP contribution in [-0.2, 0) is 13.5 Å². The Kier molecular flexibility index (Phi) is 4.23. The molecule has 0 spiro atoms. The molecule has 1 aromatic carbocycles. The maximum Gasteiger partial charge on any atom is 0.319 e. The molecule has 3 aromatic rings. The van der Waals surface area contributed by atoms with Gasteiger partial charge in [0.2, 0.25) is 0 Å². The Hall–Kier alpha value is -2.89. The van der Waals surface area contributed by atoms with E-state index in [1.165, 1.54) is 12.1 Å². The Morgan fingerprint density at radius 1 is 1.26 bits per heavy atom. The molecule has 0 radical (unpaired) electrons. The number of rotatable bonds is 4. The molecule has 0 atom stereocenters. The zero-order valence-electron chi connectivity index (χ0n) is 12.7. The molecule has 2 heterocycles. The standard InChI is InChI=1S/C17H17FN4O/c1-22-11-12(13-5-4-9-19-16(13)22)8-10-20-17(23)21-15-7-3-2-6-14(15)18/h2-7,9,11H,8,10H2,1H3,(H2,20,21,23). The van der Waals surface area contributed by atoms with Crippen molar-refractivity contribution in [2.45, 2.75) is 6.42 Å². The lowest BCUT2D eigenvalue weighted by Gasteiger charge is -2.08. The van der Waals surface area contributed by atoms with Gasteiger partial charge in [0.05, 0.1) is 5.69 Å². The molecule has 2 aromatic heterocycles. The highest BCUT2D eigenvalue weighted by Gasteiger charge is 2.08. The van der Waals surface area contributed by atoms with E-state index in [9.17, 15) is 9.18 Å². The summed E-state index contributed by atoms with van der Waals surface area (Å²) in [5.74, 6) is -0.456. The van der Waals surface area contributed by atoms with Crippen LogP contribution in [0.5, 0.6) is 0 Å². The van der Waals surface area contributed by atoms with E-state index in [0.717, 1.165) is 16.6 Å². The van der Waals surface area contributed by atoms with Crippen molar-refractivity contribution in [1.29, 1.82) is 0 Å². The maximum absolute atomic E-state index is 13.5. The van der Waals surface area contributed by atoms with Crippen LogP contribution in [-0.4, -0.2) is 22.1 Å². The molecule has 23 heavy (non-hydrogen) atoms. The van der Waals surface area contributed by atoms with E-state index < -0.39 is 11.8 Å². The zero-order chi connectivity index (χ0) is 16.2. The lowest BCUT2D eigenvalue weighted by atomic mass is 10.1. The molecular weight excluding hydrogens is 295 g/mol. The fourth-order valence-corrected chi connectivity index (χ4v) is 2.53. The number of nitrogens with zero attached hydrogens (tertiary/aromatic N) is 2. The molecular formula is C17H17FN4O. The van der Waals surface area contributed by atoms with Crippen molar-refractivity contribution in [3.63, 3.8) is 0 Å². The fourth-order valence-electron chi connectivity index (χ4n) is 2.53. The summed E-state index contributed by atoms with van der Waals surface area (Å²) in [7, 11) is 1.94. The topological polar surface area (TPSA) is 59.0 Å². The molecule has 118 valence electrons. The molecule has 0 aliphatic carbocycles. The van der Waals surface area contributed by atoms with Gasteiger partial charge in [-0.05, 0) is 36.2 Å². The Labute approximate surface area is 133 Å². The first-order chi connectivity index (χ1) is 11.1. The number of aryl methyl sites for hydroxylation is 1. The first-order valence-corrected chi connectivity index (χ1v) is 7.33. The van der Waals surface area contributed by atoms with E-state index >= 15 is 0 Å². The van der Waals surface area contributed by atoms with Crippen molar-refractivity contribution < 1.29 is 9.18 Å². The van der Waals surface area contributed by atoms with Gasteiger partial charge in [0.1, 0.15) is 11.5 Å². The van der Waals surface area contributed by atoms with Crippen molar-refractivity contribution in [2.24, 2.45) is 7.05 Å². The van der Waals surface area contributed by atoms with Crippen LogP contribution < -0.4 is 10.6 Å². The van der Waals surface area contributed by atoms with Crippen LogP contribution >= 0.6 is 0 Å². The molecule has 0 aliphatic rings. The van der Waals surface area contributed by atoms with E-state index in [2.05, 4.69) is 15.6 Å². The number of fused-ring (bicyclic) bond motifs is 1. The highest BCUT2D eigenvalue weighted by Crippen LogP contribution is 2.18. The summed E-state index contributed by atoms with van der Waals surface area (Å²) >= 11 is 0. The SMILES string of the molecule is Cn1cc(CCNC(=O)Nc2ccccc2F)c2cccnc21. The van der Waals surface area contributed by atoms with Gasteiger partial charge < -0.3 is 15.2 Å². The van der Waals surface area contributed by atoms with E-state index in [4.69, 9.17) is 0 Å². The third kappa shape index (κ3) is 3.31. The summed E-state index contributed by atoms with van der Waals surface area (Å²) in [5.41, 5.74) is 2.19. The van der Waals surface area contributed by atoms with E-state index in [1.807, 2.05) is 29.9 Å². The van der Waals surface area contributed by atoms with Crippen LogP contribution in [0.25, 0.3) is 11.0 Å². The summed E-state index contributed by atoms with van der Waals surface area (Å²) in [6.45, 7) is 0.453. The lowest BCUT2D eigenvalue weighted by Crippen LogP contribution is -2.30. The Morgan fingerprint density at radius 3 is 2.91 bits per heavy atom. The molecule has 2 amide bonds. The van der Waals surface area contributed by atoms with Crippen LogP contribution in [0, 0.1) is 5.82 Å². The summed E-state index contributed by atoms with van der Waals surface area (Å²) in [5, 5.41) is 6.31. The van der Waals surface area contributed by atoms with E-state index in [1.54, 1.807) is 18.3 Å². The smallest absolute Gasteiger partial charge is 0.319 e. The highest BCUT2D eigenvalue weighted by molar-refractivity contribution is 5.89. The highest BCUT2D eigenvalue weighted by atomic mass is 19.1. The second-order valence-electron chi connectivity index (χ2n) is 5.25. The van der Waals surface area contributed by atoms with Crippen molar-refractivity contribution in [1.82, 2.24) is 14.9 Å². The number of anilines is 1. The van der Waals surface area contributed by atoms with Gasteiger partial charge >= 0.3 is 6.03 Å². The molecule has 0 saturated heterocycles. The first-order valence-electron chi connectivity index (χ1n) is 7.33. The van der Waals surface area contributed by atoms with E-state index in [0.29, 0.717) is 13.0 Å². The minimum atomic E-state index is -0.456. The number of carbonyl (C=O) groups is 1. The second kappa shape index (κ2) is 6.48. The largest absolute Gasteiger partial charge is 0.338 e. The van der Waals surface area contributed by atoms with E-state index in [-0.39, 0.29) is 5.69 Å². The van der Waals surface area contributed by atoms with Crippen LogP contribution in [0.15, 0.2) is 48.8 Å². The number of aromatic nitrogens is 2. The van der Waals surface area contributed by atoms with Gasteiger partial charge in [-0.1, -0.05) is 12.1 Å². The monoisotopic (exact) mass is 312 g/mol. The molecule has 0 saturated carbocycles. The van der Waals surface area contributed by atoms with Crippen LogP contribution in [0.3, 0.4) is 0 Å². The first kappa shape index (κ1) is 15.0. The second-order valence-corrected chi connectivity index (χ2v) is 5.25. The van der Waals surface area contributed by atoms with Gasteiger partial charge in [-0.15, -0.1) is 0 Å². The predicted octanol–water partition coefficient (Wildman–Crippen LogP) is 3.08. The number of nitrogens with one attached hydrogen (secondary N) is 2. The third-order valence-electron chi connectivity index (χ3n) is 3.62. The van der Waals surface area contributed by atoms with Crippen LogP contribution in [0.4, 0.5) is 14.9 Å². The Bertz CT molecular complexity index is 843. The minimum Gasteiger partial charge on any atom is -0.338 e. The van der Waals surface area contributed by atoms with Crippen LogP contribution in [0.2, 0.25) is 0 Å². The molecule has 2 N–H and O–H groups in total. The van der Waals surface area contributed by atoms with Gasteiger partial charge in [-0.25, -0.2) is 14.2 Å². The summed E-state index contributed by atoms with van der Waals surface area (Å²) < 4.78 is 15.4. The third-order valence-corrected chi connectivity index (χ3v) is 3.62. The Balaban J connectivity index is 1.58. The van der Waals surface area contributed by atoms with Crippen molar-refractivity contribution >= 4 is 22.8 Å². The van der Waals surface area contributed by atoms with Crippen LogP contribution in [0.1, 0.15) is 5.56 Å². The number of halogens is 1. The average Bonchev–Trinajstić information content (AvgIpc) is 2.87.